The van der Waals surface area contributed by atoms with Crippen molar-refractivity contribution in [2.24, 2.45) is 0 Å². The highest BCUT2D eigenvalue weighted by Crippen LogP contribution is 2.25. The van der Waals surface area contributed by atoms with Gasteiger partial charge in [-0.25, -0.2) is 0 Å². The molecule has 2 heterocycles. The van der Waals surface area contributed by atoms with E-state index in [-0.39, 0.29) is 17.0 Å². The van der Waals surface area contributed by atoms with Crippen molar-refractivity contribution in [3.63, 3.8) is 0 Å². The Morgan fingerprint density at radius 3 is 2.76 bits per heavy atom. The van der Waals surface area contributed by atoms with Crippen LogP contribution in [0.2, 0.25) is 5.02 Å². The molecule has 1 amide bonds. The van der Waals surface area contributed by atoms with Crippen LogP contribution in [0.25, 0.3) is 11.7 Å². The zero-order valence-electron chi connectivity index (χ0n) is 18.3. The van der Waals surface area contributed by atoms with Crippen LogP contribution in [0.15, 0.2) is 53.0 Å². The number of nitriles is 1. The maximum absolute atomic E-state index is 13.3. The number of aromatic nitrogens is 2. The molecule has 0 saturated heterocycles. The SMILES string of the molecule is CCOCCCNC(=O)C(C#N)=Cc1c(Oc2ccc(Cl)cc2)nc2c(C)cccn2c1=O. The van der Waals surface area contributed by atoms with Crippen LogP contribution in [0.5, 0.6) is 11.6 Å². The summed E-state index contributed by atoms with van der Waals surface area (Å²) in [5.74, 6) is -0.216. The molecule has 2 aromatic heterocycles. The van der Waals surface area contributed by atoms with Crippen LogP contribution in [-0.2, 0) is 9.53 Å². The first-order valence-corrected chi connectivity index (χ1v) is 10.8. The number of carbonyl (C=O) groups is 1. The molecule has 0 aliphatic carbocycles. The highest BCUT2D eigenvalue weighted by molar-refractivity contribution is 6.30. The van der Waals surface area contributed by atoms with Gasteiger partial charge in [0.2, 0.25) is 5.88 Å². The van der Waals surface area contributed by atoms with Crippen molar-refractivity contribution in [2.45, 2.75) is 20.3 Å². The Morgan fingerprint density at radius 1 is 1.30 bits per heavy atom. The number of amides is 1. The van der Waals surface area contributed by atoms with Crippen molar-refractivity contribution >= 4 is 29.2 Å². The van der Waals surface area contributed by atoms with Gasteiger partial charge in [-0.1, -0.05) is 17.7 Å². The normalized spacial score (nSPS) is 11.3. The molecule has 0 bridgehead atoms. The number of carbonyl (C=O) groups excluding carboxylic acids is 1. The van der Waals surface area contributed by atoms with E-state index in [1.165, 1.54) is 10.5 Å². The average Bonchev–Trinajstić information content (AvgIpc) is 2.81. The average molecular weight is 467 g/mol. The quantitative estimate of drug-likeness (QED) is 0.291. The van der Waals surface area contributed by atoms with Gasteiger partial charge in [-0.15, -0.1) is 0 Å². The van der Waals surface area contributed by atoms with E-state index >= 15 is 0 Å². The van der Waals surface area contributed by atoms with E-state index in [2.05, 4.69) is 10.3 Å². The molecular weight excluding hydrogens is 444 g/mol. The van der Waals surface area contributed by atoms with Crippen molar-refractivity contribution in [1.82, 2.24) is 14.7 Å². The van der Waals surface area contributed by atoms with E-state index < -0.39 is 11.5 Å². The van der Waals surface area contributed by atoms with Crippen LogP contribution in [0, 0.1) is 18.3 Å². The van der Waals surface area contributed by atoms with Crippen LogP contribution in [0.3, 0.4) is 0 Å². The molecule has 0 fully saturated rings. The van der Waals surface area contributed by atoms with Gasteiger partial charge in [0, 0.05) is 31.0 Å². The van der Waals surface area contributed by atoms with Gasteiger partial charge >= 0.3 is 0 Å². The van der Waals surface area contributed by atoms with Gasteiger partial charge in [0.15, 0.2) is 0 Å². The fourth-order valence-electron chi connectivity index (χ4n) is 3.02. The lowest BCUT2D eigenvalue weighted by Gasteiger charge is -2.11. The second-order valence-electron chi connectivity index (χ2n) is 7.05. The number of aryl methyl sites for hydroxylation is 1. The largest absolute Gasteiger partial charge is 0.438 e. The lowest BCUT2D eigenvalue weighted by atomic mass is 10.1. The molecule has 9 heteroatoms. The number of hydrogen-bond acceptors (Lipinski definition) is 6. The van der Waals surface area contributed by atoms with Crippen LogP contribution in [-0.4, -0.2) is 35.1 Å². The summed E-state index contributed by atoms with van der Waals surface area (Å²) < 4.78 is 12.5. The molecule has 33 heavy (non-hydrogen) atoms. The zero-order chi connectivity index (χ0) is 23.8. The van der Waals surface area contributed by atoms with Crippen LogP contribution < -0.4 is 15.6 Å². The van der Waals surface area contributed by atoms with E-state index in [9.17, 15) is 14.9 Å². The van der Waals surface area contributed by atoms with E-state index in [0.29, 0.717) is 42.6 Å². The number of pyridine rings is 1. The van der Waals surface area contributed by atoms with Crippen molar-refractivity contribution in [2.75, 3.05) is 19.8 Å². The summed E-state index contributed by atoms with van der Waals surface area (Å²) in [5, 5.41) is 12.8. The Bertz CT molecular complexity index is 1280. The summed E-state index contributed by atoms with van der Waals surface area (Å²) in [7, 11) is 0. The fraction of sp³-hybridized carbons (Fsp3) is 0.250. The maximum Gasteiger partial charge on any atom is 0.269 e. The number of fused-ring (bicyclic) bond motifs is 1. The Labute approximate surface area is 196 Å². The summed E-state index contributed by atoms with van der Waals surface area (Å²) in [6.07, 6.45) is 3.37. The summed E-state index contributed by atoms with van der Waals surface area (Å²) in [4.78, 5) is 30.3. The van der Waals surface area contributed by atoms with Crippen molar-refractivity contribution < 1.29 is 14.3 Å². The smallest absolute Gasteiger partial charge is 0.269 e. The third kappa shape index (κ3) is 5.98. The third-order valence-electron chi connectivity index (χ3n) is 4.69. The Kier molecular flexibility index (Phi) is 8.19. The number of hydrogen-bond donors (Lipinski definition) is 1. The molecule has 0 aliphatic heterocycles. The van der Waals surface area contributed by atoms with Gasteiger partial charge in [-0.3, -0.25) is 14.0 Å². The fourth-order valence-corrected chi connectivity index (χ4v) is 3.14. The molecule has 0 radical (unpaired) electrons. The minimum absolute atomic E-state index is 0.0194. The summed E-state index contributed by atoms with van der Waals surface area (Å²) in [5.41, 5.74) is 0.443. The van der Waals surface area contributed by atoms with Gasteiger partial charge in [-0.2, -0.15) is 10.2 Å². The molecule has 3 aromatic rings. The van der Waals surface area contributed by atoms with Gasteiger partial charge in [-0.05, 0) is 62.2 Å². The second-order valence-corrected chi connectivity index (χ2v) is 7.49. The first-order chi connectivity index (χ1) is 15.9. The van der Waals surface area contributed by atoms with Gasteiger partial charge in [0.25, 0.3) is 11.5 Å². The van der Waals surface area contributed by atoms with Crippen LogP contribution in [0.1, 0.15) is 24.5 Å². The van der Waals surface area contributed by atoms with Crippen molar-refractivity contribution in [3.05, 3.63) is 74.7 Å². The number of halogens is 1. The number of nitrogens with zero attached hydrogens (tertiary/aromatic N) is 3. The molecule has 1 N–H and O–H groups in total. The van der Waals surface area contributed by atoms with E-state index in [0.717, 1.165) is 5.56 Å². The monoisotopic (exact) mass is 466 g/mol. The molecule has 1 aromatic carbocycles. The van der Waals surface area contributed by atoms with Crippen molar-refractivity contribution in [3.8, 4) is 17.7 Å². The Balaban J connectivity index is 2.02. The van der Waals surface area contributed by atoms with Crippen molar-refractivity contribution in [1.29, 1.82) is 5.26 Å². The van der Waals surface area contributed by atoms with E-state index in [4.69, 9.17) is 21.1 Å². The lowest BCUT2D eigenvalue weighted by molar-refractivity contribution is -0.117. The predicted octanol–water partition coefficient (Wildman–Crippen LogP) is 3.90. The predicted molar refractivity (Wildman–Crippen MR) is 125 cm³/mol. The summed E-state index contributed by atoms with van der Waals surface area (Å²) in [6.45, 7) is 5.12. The molecule has 170 valence electrons. The number of benzene rings is 1. The number of rotatable bonds is 9. The summed E-state index contributed by atoms with van der Waals surface area (Å²) >= 11 is 5.94. The first-order valence-electron chi connectivity index (χ1n) is 10.4. The van der Waals surface area contributed by atoms with Gasteiger partial charge in [0.05, 0.1) is 0 Å². The standard InChI is InChI=1S/C24H23ClN4O4/c1-3-32-13-5-11-27-22(30)17(15-26)14-20-23(33-19-9-7-18(25)8-10-19)28-21-16(2)6-4-12-29(21)24(20)31/h4,6-10,12,14H,3,5,11,13H2,1-2H3,(H,27,30). The maximum atomic E-state index is 13.3. The molecule has 8 nitrogen and oxygen atoms in total. The highest BCUT2D eigenvalue weighted by atomic mass is 35.5. The van der Waals surface area contributed by atoms with E-state index in [1.54, 1.807) is 36.5 Å². The molecular formula is C24H23ClN4O4. The minimum atomic E-state index is -0.597. The molecule has 0 unspecified atom stereocenters. The molecule has 0 spiro atoms. The molecule has 0 saturated carbocycles. The number of nitrogens with one attached hydrogen (secondary N) is 1. The first kappa shape index (κ1) is 24.0. The van der Waals surface area contributed by atoms with Gasteiger partial charge < -0.3 is 14.8 Å². The van der Waals surface area contributed by atoms with Crippen LogP contribution >= 0.6 is 11.6 Å². The second kappa shape index (κ2) is 11.3. The van der Waals surface area contributed by atoms with Crippen LogP contribution in [0.4, 0.5) is 0 Å². The van der Waals surface area contributed by atoms with Gasteiger partial charge in [0.1, 0.15) is 28.6 Å². The Morgan fingerprint density at radius 2 is 2.06 bits per heavy atom. The Hall–Kier alpha value is -3.67. The topological polar surface area (TPSA) is 106 Å². The number of ether oxygens (including phenoxy) is 2. The third-order valence-corrected chi connectivity index (χ3v) is 4.94. The van der Waals surface area contributed by atoms with E-state index in [1.807, 2.05) is 26.0 Å². The molecule has 0 aliphatic rings. The minimum Gasteiger partial charge on any atom is -0.438 e. The highest BCUT2D eigenvalue weighted by Gasteiger charge is 2.18. The molecule has 0 atom stereocenters. The zero-order valence-corrected chi connectivity index (χ0v) is 19.1. The summed E-state index contributed by atoms with van der Waals surface area (Å²) in [6, 6.07) is 11.9. The molecule has 3 rings (SSSR count). The lowest BCUT2D eigenvalue weighted by Crippen LogP contribution is -2.27.